The van der Waals surface area contributed by atoms with Crippen molar-refractivity contribution in [2.24, 2.45) is 11.7 Å². The van der Waals surface area contributed by atoms with Crippen LogP contribution >= 0.6 is 0 Å². The van der Waals surface area contributed by atoms with Gasteiger partial charge in [0.1, 0.15) is 0 Å². The highest BCUT2D eigenvalue weighted by atomic mass is 16.3. The Bertz CT molecular complexity index is 218. The lowest BCUT2D eigenvalue weighted by atomic mass is 10.00. The number of nitrogens with zero attached hydrogens (tertiary/aromatic N) is 1. The maximum Gasteiger partial charge on any atom is 0.0741 e. The highest BCUT2D eigenvalue weighted by molar-refractivity contribution is 4.92. The smallest absolute Gasteiger partial charge is 0.0741 e. The molecule has 15 heavy (non-hydrogen) atoms. The summed E-state index contributed by atoms with van der Waals surface area (Å²) in [6.07, 6.45) is 6.18. The van der Waals surface area contributed by atoms with Gasteiger partial charge in [0.05, 0.1) is 5.60 Å². The summed E-state index contributed by atoms with van der Waals surface area (Å²) in [5.74, 6) is 0.977. The zero-order valence-electron chi connectivity index (χ0n) is 9.78. The Balaban J connectivity index is 1.67. The number of fused-ring (bicyclic) bond motifs is 2. The number of rotatable bonds is 5. The number of hydrogen-bond donors (Lipinski definition) is 2. The van der Waals surface area contributed by atoms with Gasteiger partial charge in [0.15, 0.2) is 0 Å². The van der Waals surface area contributed by atoms with Crippen molar-refractivity contribution in [1.29, 1.82) is 0 Å². The molecule has 0 radical (unpaired) electrons. The molecule has 0 aromatic rings. The second-order valence-corrected chi connectivity index (χ2v) is 5.63. The number of hydrogen-bond acceptors (Lipinski definition) is 3. The first kappa shape index (κ1) is 11.4. The summed E-state index contributed by atoms with van der Waals surface area (Å²) in [5.41, 5.74) is 4.84. The van der Waals surface area contributed by atoms with Crippen LogP contribution in [0.5, 0.6) is 0 Å². The first-order valence-electron chi connectivity index (χ1n) is 6.27. The third-order valence-electron chi connectivity index (χ3n) is 4.12. The zero-order chi connectivity index (χ0) is 10.9. The van der Waals surface area contributed by atoms with Crippen molar-refractivity contribution in [3.63, 3.8) is 0 Å². The Morgan fingerprint density at radius 2 is 2.27 bits per heavy atom. The predicted molar refractivity (Wildman–Crippen MR) is 61.6 cm³/mol. The van der Waals surface area contributed by atoms with Gasteiger partial charge in [-0.25, -0.2) is 0 Å². The topological polar surface area (TPSA) is 49.5 Å². The Hall–Kier alpha value is -0.120. The van der Waals surface area contributed by atoms with Crippen LogP contribution in [0.3, 0.4) is 0 Å². The minimum Gasteiger partial charge on any atom is -0.389 e. The molecule has 2 bridgehead atoms. The number of likely N-dealkylation sites (tertiary alicyclic amines) is 1. The molecule has 0 amide bonds. The molecule has 1 aliphatic heterocycles. The van der Waals surface area contributed by atoms with Crippen molar-refractivity contribution < 1.29 is 5.11 Å². The monoisotopic (exact) mass is 212 g/mol. The van der Waals surface area contributed by atoms with Gasteiger partial charge in [0.25, 0.3) is 0 Å². The van der Waals surface area contributed by atoms with Crippen molar-refractivity contribution >= 4 is 0 Å². The minimum atomic E-state index is -0.654. The summed E-state index contributed by atoms with van der Waals surface area (Å²) in [6, 6.07) is 0.859. The van der Waals surface area contributed by atoms with E-state index in [4.69, 9.17) is 5.73 Å². The van der Waals surface area contributed by atoms with Crippen LogP contribution in [0.1, 0.15) is 39.0 Å². The van der Waals surface area contributed by atoms with Gasteiger partial charge in [0, 0.05) is 19.1 Å². The van der Waals surface area contributed by atoms with Crippen molar-refractivity contribution in [2.75, 3.05) is 19.6 Å². The van der Waals surface area contributed by atoms with E-state index in [1.807, 2.05) is 6.92 Å². The van der Waals surface area contributed by atoms with Crippen LogP contribution in [0.2, 0.25) is 0 Å². The van der Waals surface area contributed by atoms with Crippen LogP contribution in [0.25, 0.3) is 0 Å². The van der Waals surface area contributed by atoms with Crippen LogP contribution in [0, 0.1) is 5.92 Å². The summed E-state index contributed by atoms with van der Waals surface area (Å²) >= 11 is 0. The highest BCUT2D eigenvalue weighted by Gasteiger charge is 2.37. The molecule has 3 nitrogen and oxygen atoms in total. The maximum absolute atomic E-state index is 9.79. The molecule has 2 rings (SSSR count). The van der Waals surface area contributed by atoms with Crippen LogP contribution < -0.4 is 5.73 Å². The van der Waals surface area contributed by atoms with Crippen molar-refractivity contribution in [3.05, 3.63) is 0 Å². The quantitative estimate of drug-likeness (QED) is 0.713. The molecule has 0 aromatic carbocycles. The van der Waals surface area contributed by atoms with E-state index in [-0.39, 0.29) is 0 Å². The molecular formula is C12H24N2O. The largest absolute Gasteiger partial charge is 0.389 e. The van der Waals surface area contributed by atoms with E-state index in [1.165, 1.54) is 25.8 Å². The van der Waals surface area contributed by atoms with E-state index in [1.54, 1.807) is 0 Å². The van der Waals surface area contributed by atoms with Crippen LogP contribution in [0.15, 0.2) is 0 Å². The first-order valence-corrected chi connectivity index (χ1v) is 6.27. The summed E-state index contributed by atoms with van der Waals surface area (Å²) in [7, 11) is 0. The van der Waals surface area contributed by atoms with Crippen LogP contribution in [-0.4, -0.2) is 41.3 Å². The van der Waals surface area contributed by atoms with Gasteiger partial charge >= 0.3 is 0 Å². The second-order valence-electron chi connectivity index (χ2n) is 5.63. The van der Waals surface area contributed by atoms with Crippen LogP contribution in [-0.2, 0) is 0 Å². The fourth-order valence-electron chi connectivity index (χ4n) is 3.07. The van der Waals surface area contributed by atoms with Crippen molar-refractivity contribution in [2.45, 2.75) is 50.7 Å². The van der Waals surface area contributed by atoms with Gasteiger partial charge in [0.2, 0.25) is 0 Å². The van der Waals surface area contributed by atoms with Gasteiger partial charge in [-0.05, 0) is 51.5 Å². The molecule has 1 heterocycles. The number of piperidine rings is 1. The molecule has 0 spiro atoms. The molecular weight excluding hydrogens is 188 g/mol. The van der Waals surface area contributed by atoms with E-state index in [0.717, 1.165) is 31.3 Å². The van der Waals surface area contributed by atoms with Crippen molar-refractivity contribution in [1.82, 2.24) is 4.90 Å². The van der Waals surface area contributed by atoms with Gasteiger partial charge in [-0.15, -0.1) is 0 Å². The minimum absolute atomic E-state index is 0.374. The molecule has 0 aromatic heterocycles. The van der Waals surface area contributed by atoms with E-state index in [9.17, 15) is 5.11 Å². The summed E-state index contributed by atoms with van der Waals surface area (Å²) in [5, 5.41) is 9.79. The van der Waals surface area contributed by atoms with Crippen molar-refractivity contribution in [3.8, 4) is 0 Å². The summed E-state index contributed by atoms with van der Waals surface area (Å²) in [6.45, 7) is 4.66. The second kappa shape index (κ2) is 4.40. The van der Waals surface area contributed by atoms with Crippen LogP contribution in [0.4, 0.5) is 0 Å². The standard InChI is InChI=1S/C12H24N2O/c1-12(15,9-13)5-2-6-14-8-10-3-4-11(14)7-10/h10-11,15H,2-9,13H2,1H3. The maximum atomic E-state index is 9.79. The lowest BCUT2D eigenvalue weighted by molar-refractivity contribution is 0.0530. The Morgan fingerprint density at radius 1 is 1.47 bits per heavy atom. The molecule has 2 aliphatic rings. The van der Waals surface area contributed by atoms with Gasteiger partial charge in [-0.2, -0.15) is 0 Å². The fraction of sp³-hybridized carbons (Fsp3) is 1.00. The molecule has 88 valence electrons. The Morgan fingerprint density at radius 3 is 2.80 bits per heavy atom. The predicted octanol–water partition coefficient (Wildman–Crippen LogP) is 0.961. The highest BCUT2D eigenvalue weighted by Crippen LogP contribution is 2.37. The summed E-state index contributed by atoms with van der Waals surface area (Å²) < 4.78 is 0. The van der Waals surface area contributed by atoms with Gasteiger partial charge < -0.3 is 15.7 Å². The summed E-state index contributed by atoms with van der Waals surface area (Å²) in [4.78, 5) is 2.61. The van der Waals surface area contributed by atoms with Gasteiger partial charge in [-0.3, -0.25) is 0 Å². The Labute approximate surface area is 92.6 Å². The average molecular weight is 212 g/mol. The third-order valence-corrected chi connectivity index (χ3v) is 4.12. The van der Waals surface area contributed by atoms with E-state index < -0.39 is 5.60 Å². The third kappa shape index (κ3) is 2.71. The van der Waals surface area contributed by atoms with E-state index >= 15 is 0 Å². The molecule has 1 aliphatic carbocycles. The lowest BCUT2D eigenvalue weighted by Crippen LogP contribution is -2.37. The molecule has 3 atom stereocenters. The first-order chi connectivity index (χ1) is 7.11. The SMILES string of the molecule is CC(O)(CN)CCCN1CC2CCC1C2. The molecule has 3 heteroatoms. The zero-order valence-corrected chi connectivity index (χ0v) is 9.78. The van der Waals surface area contributed by atoms with E-state index in [2.05, 4.69) is 4.90 Å². The molecule has 3 N–H and O–H groups in total. The number of nitrogens with two attached hydrogens (primary N) is 1. The van der Waals surface area contributed by atoms with Gasteiger partial charge in [-0.1, -0.05) is 0 Å². The molecule has 2 fully saturated rings. The molecule has 1 saturated heterocycles. The molecule has 1 saturated carbocycles. The fourth-order valence-corrected chi connectivity index (χ4v) is 3.07. The Kier molecular flexibility index (Phi) is 3.33. The normalized spacial score (nSPS) is 34.6. The van der Waals surface area contributed by atoms with E-state index in [0.29, 0.717) is 6.54 Å². The lowest BCUT2D eigenvalue weighted by Gasteiger charge is -2.28. The molecule has 3 unspecified atom stereocenters. The number of aliphatic hydroxyl groups is 1. The average Bonchev–Trinajstić information content (AvgIpc) is 2.79.